The molecule has 2 aliphatic heterocycles. The number of likely N-dealkylation sites (tertiary alicyclic amines) is 1. The van der Waals surface area contributed by atoms with Gasteiger partial charge in [-0.15, -0.1) is 0 Å². The SMILES string of the molecule is Cc1cnccc1OC1CCN(C(=O)C2CCOC2)CC1. The van der Waals surface area contributed by atoms with Crippen LogP contribution in [-0.4, -0.2) is 48.2 Å². The Hall–Kier alpha value is -1.62. The molecule has 1 unspecified atom stereocenters. The number of ether oxygens (including phenoxy) is 2. The number of nitrogens with zero attached hydrogens (tertiary/aromatic N) is 2. The Balaban J connectivity index is 1.51. The number of carbonyl (C=O) groups excluding carboxylic acids is 1. The molecule has 0 N–H and O–H groups in total. The monoisotopic (exact) mass is 290 g/mol. The highest BCUT2D eigenvalue weighted by Crippen LogP contribution is 2.23. The van der Waals surface area contributed by atoms with Crippen LogP contribution in [0.15, 0.2) is 18.5 Å². The van der Waals surface area contributed by atoms with Gasteiger partial charge in [0, 0.05) is 50.5 Å². The second kappa shape index (κ2) is 6.43. The van der Waals surface area contributed by atoms with Gasteiger partial charge in [0.05, 0.1) is 12.5 Å². The lowest BCUT2D eigenvalue weighted by Gasteiger charge is -2.33. The van der Waals surface area contributed by atoms with E-state index in [0.29, 0.717) is 6.61 Å². The van der Waals surface area contributed by atoms with Crippen LogP contribution in [-0.2, 0) is 9.53 Å². The minimum absolute atomic E-state index is 0.0740. The van der Waals surface area contributed by atoms with Crippen LogP contribution in [0.3, 0.4) is 0 Å². The molecule has 0 aromatic carbocycles. The zero-order valence-corrected chi connectivity index (χ0v) is 12.5. The predicted molar refractivity (Wildman–Crippen MR) is 78.1 cm³/mol. The van der Waals surface area contributed by atoms with Gasteiger partial charge in [0.15, 0.2) is 0 Å². The Morgan fingerprint density at radius 3 is 2.86 bits per heavy atom. The molecule has 114 valence electrons. The van der Waals surface area contributed by atoms with Crippen LogP contribution >= 0.6 is 0 Å². The number of aromatic nitrogens is 1. The van der Waals surface area contributed by atoms with E-state index in [2.05, 4.69) is 4.98 Å². The maximum absolute atomic E-state index is 12.3. The molecule has 1 amide bonds. The lowest BCUT2D eigenvalue weighted by atomic mass is 10.0. The van der Waals surface area contributed by atoms with Crippen molar-refractivity contribution in [1.29, 1.82) is 0 Å². The molecule has 1 aromatic rings. The van der Waals surface area contributed by atoms with Gasteiger partial charge in [-0.05, 0) is 19.4 Å². The fraction of sp³-hybridized carbons (Fsp3) is 0.625. The van der Waals surface area contributed by atoms with Crippen molar-refractivity contribution in [1.82, 2.24) is 9.88 Å². The summed E-state index contributed by atoms with van der Waals surface area (Å²) in [6.45, 7) is 4.87. The van der Waals surface area contributed by atoms with Gasteiger partial charge < -0.3 is 14.4 Å². The van der Waals surface area contributed by atoms with Crippen molar-refractivity contribution < 1.29 is 14.3 Å². The lowest BCUT2D eigenvalue weighted by molar-refractivity contribution is -0.137. The second-order valence-electron chi connectivity index (χ2n) is 5.84. The molecule has 2 saturated heterocycles. The molecule has 5 nitrogen and oxygen atoms in total. The smallest absolute Gasteiger partial charge is 0.228 e. The normalized spacial score (nSPS) is 23.3. The summed E-state index contributed by atoms with van der Waals surface area (Å²) < 4.78 is 11.3. The first-order chi connectivity index (χ1) is 10.2. The Morgan fingerprint density at radius 2 is 2.19 bits per heavy atom. The topological polar surface area (TPSA) is 51.7 Å². The van der Waals surface area contributed by atoms with Crippen LogP contribution in [0, 0.1) is 12.8 Å². The molecule has 1 aromatic heterocycles. The molecule has 3 heterocycles. The molecule has 0 spiro atoms. The standard InChI is InChI=1S/C16H22N2O3/c1-12-10-17-6-2-15(12)21-14-3-7-18(8-4-14)16(19)13-5-9-20-11-13/h2,6,10,13-14H,3-5,7-9,11H2,1H3. The van der Waals surface area contributed by atoms with Gasteiger partial charge in [0.1, 0.15) is 11.9 Å². The molecule has 0 radical (unpaired) electrons. The zero-order valence-electron chi connectivity index (χ0n) is 12.5. The first-order valence-electron chi connectivity index (χ1n) is 7.68. The van der Waals surface area contributed by atoms with E-state index in [9.17, 15) is 4.79 Å². The van der Waals surface area contributed by atoms with Gasteiger partial charge in [-0.2, -0.15) is 0 Å². The third-order valence-electron chi connectivity index (χ3n) is 4.30. The van der Waals surface area contributed by atoms with Crippen LogP contribution in [0.2, 0.25) is 0 Å². The summed E-state index contributed by atoms with van der Waals surface area (Å²) in [6, 6.07) is 1.91. The van der Waals surface area contributed by atoms with Crippen LogP contribution in [0.25, 0.3) is 0 Å². The van der Waals surface area contributed by atoms with E-state index in [1.165, 1.54) is 0 Å². The highest BCUT2D eigenvalue weighted by atomic mass is 16.5. The van der Waals surface area contributed by atoms with Crippen LogP contribution in [0.5, 0.6) is 5.75 Å². The highest BCUT2D eigenvalue weighted by Gasteiger charge is 2.31. The predicted octanol–water partition coefficient (Wildman–Crippen LogP) is 1.80. The third kappa shape index (κ3) is 3.35. The molecular weight excluding hydrogens is 268 g/mol. The van der Waals surface area contributed by atoms with Gasteiger partial charge in [-0.3, -0.25) is 9.78 Å². The summed E-state index contributed by atoms with van der Waals surface area (Å²) in [4.78, 5) is 18.4. The average Bonchev–Trinajstić information content (AvgIpc) is 3.04. The number of hydrogen-bond acceptors (Lipinski definition) is 4. The fourth-order valence-corrected chi connectivity index (χ4v) is 2.95. The number of hydrogen-bond donors (Lipinski definition) is 0. The van der Waals surface area contributed by atoms with Gasteiger partial charge in [0.2, 0.25) is 5.91 Å². The van der Waals surface area contributed by atoms with Gasteiger partial charge in [-0.25, -0.2) is 0 Å². The lowest BCUT2D eigenvalue weighted by Crippen LogP contribution is -2.44. The summed E-state index contributed by atoms with van der Waals surface area (Å²) in [7, 11) is 0. The third-order valence-corrected chi connectivity index (χ3v) is 4.30. The molecule has 5 heteroatoms. The Bertz CT molecular complexity index is 492. The molecule has 0 bridgehead atoms. The second-order valence-corrected chi connectivity index (χ2v) is 5.84. The first-order valence-corrected chi connectivity index (χ1v) is 7.68. The molecule has 2 aliphatic rings. The number of carbonyl (C=O) groups is 1. The first kappa shape index (κ1) is 14.3. The highest BCUT2D eigenvalue weighted by molar-refractivity contribution is 5.79. The van der Waals surface area contributed by atoms with Crippen LogP contribution < -0.4 is 4.74 Å². The molecule has 2 fully saturated rings. The molecule has 3 rings (SSSR count). The fourth-order valence-electron chi connectivity index (χ4n) is 2.95. The van der Waals surface area contributed by atoms with Crippen molar-refractivity contribution in [2.24, 2.45) is 5.92 Å². The van der Waals surface area contributed by atoms with E-state index in [4.69, 9.17) is 9.47 Å². The molecule has 1 atom stereocenters. The Labute approximate surface area is 125 Å². The quantitative estimate of drug-likeness (QED) is 0.852. The molecule has 0 saturated carbocycles. The Kier molecular flexibility index (Phi) is 4.39. The number of amides is 1. The minimum Gasteiger partial charge on any atom is -0.490 e. The van der Waals surface area contributed by atoms with E-state index in [1.807, 2.05) is 24.1 Å². The number of aryl methyl sites for hydroxylation is 1. The minimum atomic E-state index is 0.0740. The van der Waals surface area contributed by atoms with Crippen molar-refractivity contribution in [2.45, 2.75) is 32.3 Å². The van der Waals surface area contributed by atoms with Gasteiger partial charge >= 0.3 is 0 Å². The van der Waals surface area contributed by atoms with Gasteiger partial charge in [0.25, 0.3) is 0 Å². The van der Waals surface area contributed by atoms with Crippen LogP contribution in [0.1, 0.15) is 24.8 Å². The van der Waals surface area contributed by atoms with Crippen molar-refractivity contribution in [3.63, 3.8) is 0 Å². The van der Waals surface area contributed by atoms with E-state index < -0.39 is 0 Å². The Morgan fingerprint density at radius 1 is 1.38 bits per heavy atom. The molecule has 21 heavy (non-hydrogen) atoms. The van der Waals surface area contributed by atoms with Crippen molar-refractivity contribution in [3.05, 3.63) is 24.0 Å². The van der Waals surface area contributed by atoms with E-state index in [-0.39, 0.29) is 17.9 Å². The largest absolute Gasteiger partial charge is 0.490 e. The van der Waals surface area contributed by atoms with Crippen molar-refractivity contribution in [2.75, 3.05) is 26.3 Å². The summed E-state index contributed by atoms with van der Waals surface area (Å²) in [5.41, 5.74) is 1.05. The zero-order chi connectivity index (χ0) is 14.7. The van der Waals surface area contributed by atoms with E-state index in [1.54, 1.807) is 6.20 Å². The van der Waals surface area contributed by atoms with E-state index >= 15 is 0 Å². The summed E-state index contributed by atoms with van der Waals surface area (Å²) in [5.74, 6) is 1.23. The van der Waals surface area contributed by atoms with E-state index in [0.717, 1.165) is 50.3 Å². The molecular formula is C16H22N2O3. The van der Waals surface area contributed by atoms with Crippen LogP contribution in [0.4, 0.5) is 0 Å². The summed E-state index contributed by atoms with van der Waals surface area (Å²) in [5, 5.41) is 0. The van der Waals surface area contributed by atoms with Crippen molar-refractivity contribution >= 4 is 5.91 Å². The van der Waals surface area contributed by atoms with Crippen molar-refractivity contribution in [3.8, 4) is 5.75 Å². The number of piperidine rings is 1. The van der Waals surface area contributed by atoms with Gasteiger partial charge in [-0.1, -0.05) is 0 Å². The maximum Gasteiger partial charge on any atom is 0.228 e. The number of rotatable bonds is 3. The maximum atomic E-state index is 12.3. The molecule has 0 aliphatic carbocycles. The summed E-state index contributed by atoms with van der Waals surface area (Å²) >= 11 is 0. The number of pyridine rings is 1. The summed E-state index contributed by atoms with van der Waals surface area (Å²) in [6.07, 6.45) is 6.40. The average molecular weight is 290 g/mol.